The highest BCUT2D eigenvalue weighted by Gasteiger charge is 2.39. The van der Waals surface area contributed by atoms with E-state index >= 15 is 0 Å². The zero-order valence-corrected chi connectivity index (χ0v) is 23.6. The number of hydrogen-bond donors (Lipinski definition) is 3. The molecule has 0 aromatic carbocycles. The predicted octanol–water partition coefficient (Wildman–Crippen LogP) is 3.68. The quantitative estimate of drug-likeness (QED) is 0.152. The van der Waals surface area contributed by atoms with Gasteiger partial charge in [0.1, 0.15) is 6.10 Å². The summed E-state index contributed by atoms with van der Waals surface area (Å²) in [7, 11) is 0. The number of amides is 1. The van der Waals surface area contributed by atoms with Gasteiger partial charge in [-0.2, -0.15) is 0 Å². The summed E-state index contributed by atoms with van der Waals surface area (Å²) < 4.78 is 17.1. The second kappa shape index (κ2) is 14.8. The van der Waals surface area contributed by atoms with Crippen molar-refractivity contribution in [3.63, 3.8) is 0 Å². The molecule has 0 bridgehead atoms. The van der Waals surface area contributed by atoms with Gasteiger partial charge in [-0.25, -0.2) is 0 Å². The SMILES string of the molecule is CC(=O)O[C@@H](C)/C=C\C(=O)N[C@@H]1C[C@H](C)[C@H](C/C=C(C)/C=C/C2CC(O)(CCl)CC(CC(=O)O)O2)O[C@@H]1C. The third-order valence-corrected chi connectivity index (χ3v) is 7.37. The molecule has 0 aromatic rings. The molecule has 0 radical (unpaired) electrons. The smallest absolute Gasteiger partial charge is 0.305 e. The van der Waals surface area contributed by atoms with Gasteiger partial charge in [-0.05, 0) is 45.6 Å². The second-order valence-corrected chi connectivity index (χ2v) is 10.9. The van der Waals surface area contributed by atoms with Crippen molar-refractivity contribution in [3.05, 3.63) is 36.0 Å². The average Bonchev–Trinajstić information content (AvgIpc) is 2.81. The van der Waals surface area contributed by atoms with Crippen molar-refractivity contribution in [1.29, 1.82) is 0 Å². The summed E-state index contributed by atoms with van der Waals surface area (Å²) in [5.74, 6) is -1.40. The van der Waals surface area contributed by atoms with E-state index < -0.39 is 35.9 Å². The normalized spacial score (nSPS) is 33.3. The molecule has 214 valence electrons. The van der Waals surface area contributed by atoms with Crippen LogP contribution in [-0.2, 0) is 28.6 Å². The maximum absolute atomic E-state index is 12.3. The molecular formula is C28H42ClNO8. The average molecular weight is 556 g/mol. The minimum absolute atomic E-state index is 0.00625. The molecule has 0 aliphatic carbocycles. The van der Waals surface area contributed by atoms with Crippen molar-refractivity contribution in [2.24, 2.45) is 5.92 Å². The summed E-state index contributed by atoms with van der Waals surface area (Å²) in [6, 6.07) is -0.129. The minimum Gasteiger partial charge on any atom is -0.481 e. The number of nitrogens with one attached hydrogen (secondary N) is 1. The number of allylic oxidation sites excluding steroid dienone is 2. The zero-order valence-electron chi connectivity index (χ0n) is 22.9. The Hall–Kier alpha value is -2.20. The Labute approximate surface area is 230 Å². The van der Waals surface area contributed by atoms with Gasteiger partial charge in [-0.1, -0.05) is 30.7 Å². The van der Waals surface area contributed by atoms with Crippen LogP contribution in [0.15, 0.2) is 36.0 Å². The largest absolute Gasteiger partial charge is 0.481 e. The molecule has 3 N–H and O–H groups in total. The second-order valence-electron chi connectivity index (χ2n) is 10.6. The number of aliphatic carboxylic acids is 1. The van der Waals surface area contributed by atoms with Crippen molar-refractivity contribution < 1.29 is 38.8 Å². The summed E-state index contributed by atoms with van der Waals surface area (Å²) in [6.07, 6.45) is 8.85. The highest BCUT2D eigenvalue weighted by Crippen LogP contribution is 2.32. The van der Waals surface area contributed by atoms with E-state index in [9.17, 15) is 19.5 Å². The topological polar surface area (TPSA) is 131 Å². The van der Waals surface area contributed by atoms with Crippen LogP contribution in [0.1, 0.15) is 66.7 Å². The molecule has 2 aliphatic rings. The van der Waals surface area contributed by atoms with E-state index in [0.717, 1.165) is 12.0 Å². The Kier molecular flexibility index (Phi) is 12.5. The number of aliphatic hydroxyl groups is 1. The fourth-order valence-corrected chi connectivity index (χ4v) is 5.08. The maximum atomic E-state index is 12.3. The molecule has 9 nitrogen and oxygen atoms in total. The number of carbonyl (C=O) groups excluding carboxylic acids is 2. The number of rotatable bonds is 11. The first-order valence-corrected chi connectivity index (χ1v) is 13.7. The minimum atomic E-state index is -1.16. The van der Waals surface area contributed by atoms with Crippen molar-refractivity contribution >= 4 is 29.4 Å². The highest BCUT2D eigenvalue weighted by atomic mass is 35.5. The Morgan fingerprint density at radius 3 is 2.53 bits per heavy atom. The van der Waals surface area contributed by atoms with E-state index in [1.807, 2.05) is 26.0 Å². The molecule has 10 heteroatoms. The first-order chi connectivity index (χ1) is 17.8. The van der Waals surface area contributed by atoms with Crippen LogP contribution in [0.4, 0.5) is 0 Å². The number of esters is 1. The van der Waals surface area contributed by atoms with Crippen LogP contribution < -0.4 is 5.32 Å². The number of halogens is 1. The van der Waals surface area contributed by atoms with Crippen LogP contribution in [0.25, 0.3) is 0 Å². The first-order valence-electron chi connectivity index (χ1n) is 13.1. The molecule has 2 aliphatic heterocycles. The summed E-state index contributed by atoms with van der Waals surface area (Å²) >= 11 is 5.95. The molecule has 2 saturated heterocycles. The number of hydrogen-bond acceptors (Lipinski definition) is 7. The number of ether oxygens (including phenoxy) is 3. The lowest BCUT2D eigenvalue weighted by Gasteiger charge is -2.39. The number of carboxylic acid groups (broad SMARTS) is 1. The fourth-order valence-electron chi connectivity index (χ4n) is 4.86. The van der Waals surface area contributed by atoms with Gasteiger partial charge in [0.05, 0.1) is 48.4 Å². The van der Waals surface area contributed by atoms with Gasteiger partial charge in [-0.15, -0.1) is 11.6 Å². The summed E-state index contributed by atoms with van der Waals surface area (Å²) in [4.78, 5) is 34.4. The van der Waals surface area contributed by atoms with Crippen LogP contribution in [0.2, 0.25) is 0 Å². The van der Waals surface area contributed by atoms with E-state index in [1.54, 1.807) is 13.0 Å². The first kappa shape index (κ1) is 32.0. The molecule has 0 saturated carbocycles. The number of alkyl halides is 1. The van der Waals surface area contributed by atoms with Crippen molar-refractivity contribution in [1.82, 2.24) is 5.32 Å². The Morgan fingerprint density at radius 1 is 1.18 bits per heavy atom. The number of carbonyl (C=O) groups is 3. The van der Waals surface area contributed by atoms with E-state index in [2.05, 4.69) is 18.3 Å². The molecule has 2 heterocycles. The van der Waals surface area contributed by atoms with Gasteiger partial charge in [0, 0.05) is 25.8 Å². The van der Waals surface area contributed by atoms with E-state index in [0.29, 0.717) is 12.8 Å². The predicted molar refractivity (Wildman–Crippen MR) is 144 cm³/mol. The molecule has 2 fully saturated rings. The van der Waals surface area contributed by atoms with Crippen LogP contribution in [-0.4, -0.2) is 76.1 Å². The van der Waals surface area contributed by atoms with Crippen LogP contribution in [0.5, 0.6) is 0 Å². The zero-order chi connectivity index (χ0) is 28.5. The monoisotopic (exact) mass is 555 g/mol. The molecule has 0 aromatic heterocycles. The van der Waals surface area contributed by atoms with Gasteiger partial charge in [0.25, 0.3) is 0 Å². The highest BCUT2D eigenvalue weighted by molar-refractivity contribution is 6.18. The molecule has 3 unspecified atom stereocenters. The summed E-state index contributed by atoms with van der Waals surface area (Å²) in [5, 5.41) is 22.8. The lowest BCUT2D eigenvalue weighted by Crippen LogP contribution is -2.50. The van der Waals surface area contributed by atoms with Crippen LogP contribution in [0, 0.1) is 5.92 Å². The van der Waals surface area contributed by atoms with Gasteiger partial charge < -0.3 is 29.7 Å². The van der Waals surface area contributed by atoms with E-state index in [1.165, 1.54) is 13.0 Å². The Balaban J connectivity index is 1.88. The van der Waals surface area contributed by atoms with E-state index in [4.69, 9.17) is 30.9 Å². The fraction of sp³-hybridized carbons (Fsp3) is 0.679. The summed E-state index contributed by atoms with van der Waals surface area (Å²) in [6.45, 7) is 9.01. The van der Waals surface area contributed by atoms with Crippen LogP contribution >= 0.6 is 11.6 Å². The number of carboxylic acids is 1. The third kappa shape index (κ3) is 10.9. The van der Waals surface area contributed by atoms with E-state index in [-0.39, 0.29) is 48.8 Å². The standard InChI is InChI=1S/C28H42ClNO8/c1-17(6-9-22-14-28(35,16-29)15-23(38-22)13-27(33)34)7-10-25-18(2)12-24(20(4)37-25)30-26(32)11-8-19(3)36-21(5)31/h6-9,11,18-20,22-25,35H,10,12-16H2,1-5H3,(H,30,32)(H,33,34)/b9-6+,11-8-,17-7+/t18-,19-,20+,22?,23?,24+,25-,28?/m0/s1. The van der Waals surface area contributed by atoms with Crippen molar-refractivity contribution in [3.8, 4) is 0 Å². The van der Waals surface area contributed by atoms with Crippen molar-refractivity contribution in [2.45, 2.75) is 109 Å². The molecule has 8 atom stereocenters. The molecule has 0 spiro atoms. The molecular weight excluding hydrogens is 514 g/mol. The van der Waals surface area contributed by atoms with Crippen LogP contribution in [0.3, 0.4) is 0 Å². The maximum Gasteiger partial charge on any atom is 0.305 e. The Bertz CT molecular complexity index is 919. The Morgan fingerprint density at radius 2 is 1.89 bits per heavy atom. The molecule has 1 amide bonds. The lowest BCUT2D eigenvalue weighted by molar-refractivity contribution is -0.150. The van der Waals surface area contributed by atoms with Gasteiger partial charge in [0.15, 0.2) is 0 Å². The third-order valence-electron chi connectivity index (χ3n) is 6.87. The van der Waals surface area contributed by atoms with Crippen molar-refractivity contribution in [2.75, 3.05) is 5.88 Å². The van der Waals surface area contributed by atoms with Gasteiger partial charge >= 0.3 is 11.9 Å². The van der Waals surface area contributed by atoms with Gasteiger partial charge in [-0.3, -0.25) is 14.4 Å². The summed E-state index contributed by atoms with van der Waals surface area (Å²) in [5.41, 5.74) is -0.162. The lowest BCUT2D eigenvalue weighted by atomic mass is 9.87. The van der Waals surface area contributed by atoms with Gasteiger partial charge in [0.2, 0.25) is 5.91 Å². The molecule has 2 rings (SSSR count). The molecule has 38 heavy (non-hydrogen) atoms.